The minimum atomic E-state index is -0.579. The first-order valence-electron chi connectivity index (χ1n) is 7.40. The van der Waals surface area contributed by atoms with E-state index in [-0.39, 0.29) is 5.91 Å². The van der Waals surface area contributed by atoms with Crippen molar-refractivity contribution in [2.75, 3.05) is 5.32 Å². The van der Waals surface area contributed by atoms with Crippen molar-refractivity contribution >= 4 is 34.8 Å². The smallest absolute Gasteiger partial charge is 0.265 e. The second kappa shape index (κ2) is 7.71. The summed E-state index contributed by atoms with van der Waals surface area (Å²) < 4.78 is 5.89. The highest BCUT2D eigenvalue weighted by Gasteiger charge is 2.19. The van der Waals surface area contributed by atoms with E-state index in [1.165, 1.54) is 0 Å². The SMILES string of the molecule is CCC(Oc1cc(C)ccc1C)C(=O)Nc1ccc(Cl)c(Cl)c1. The Bertz CT molecular complexity index is 716. The summed E-state index contributed by atoms with van der Waals surface area (Å²) in [6.07, 6.45) is -0.0227. The summed E-state index contributed by atoms with van der Waals surface area (Å²) >= 11 is 11.8. The van der Waals surface area contributed by atoms with E-state index >= 15 is 0 Å². The van der Waals surface area contributed by atoms with E-state index in [1.54, 1.807) is 18.2 Å². The van der Waals surface area contributed by atoms with Crippen LogP contribution in [0.5, 0.6) is 5.75 Å². The highest BCUT2D eigenvalue weighted by Crippen LogP contribution is 2.26. The molecule has 0 aliphatic rings. The van der Waals surface area contributed by atoms with Gasteiger partial charge in [-0.15, -0.1) is 0 Å². The van der Waals surface area contributed by atoms with Gasteiger partial charge in [0.1, 0.15) is 5.75 Å². The first kappa shape index (κ1) is 17.6. The maximum absolute atomic E-state index is 12.4. The molecule has 2 aromatic rings. The molecule has 0 aliphatic carbocycles. The molecule has 0 bridgehead atoms. The first-order valence-corrected chi connectivity index (χ1v) is 8.16. The van der Waals surface area contributed by atoms with E-state index in [1.807, 2.05) is 39.0 Å². The second-order valence-electron chi connectivity index (χ2n) is 5.40. The van der Waals surface area contributed by atoms with Crippen molar-refractivity contribution in [1.82, 2.24) is 0 Å². The molecule has 0 heterocycles. The van der Waals surface area contributed by atoms with Crippen molar-refractivity contribution in [2.45, 2.75) is 33.3 Å². The molecule has 1 atom stereocenters. The lowest BCUT2D eigenvalue weighted by atomic mass is 10.1. The Hall–Kier alpha value is -1.71. The van der Waals surface area contributed by atoms with Gasteiger partial charge in [0.25, 0.3) is 5.91 Å². The van der Waals surface area contributed by atoms with Crippen molar-refractivity contribution in [3.05, 3.63) is 57.6 Å². The van der Waals surface area contributed by atoms with Crippen molar-refractivity contribution in [3.63, 3.8) is 0 Å². The van der Waals surface area contributed by atoms with Crippen LogP contribution in [0.15, 0.2) is 36.4 Å². The lowest BCUT2D eigenvalue weighted by Crippen LogP contribution is -2.32. The highest BCUT2D eigenvalue weighted by molar-refractivity contribution is 6.42. The molecule has 0 saturated carbocycles. The van der Waals surface area contributed by atoms with Crippen LogP contribution in [-0.2, 0) is 4.79 Å². The fourth-order valence-corrected chi connectivity index (χ4v) is 2.40. The number of halogens is 2. The van der Waals surface area contributed by atoms with E-state index < -0.39 is 6.10 Å². The standard InChI is InChI=1S/C18H19Cl2NO2/c1-4-16(23-17-9-11(2)5-6-12(17)3)18(22)21-13-7-8-14(19)15(20)10-13/h5-10,16H,4H2,1-3H3,(H,21,22). The summed E-state index contributed by atoms with van der Waals surface area (Å²) in [5, 5.41) is 3.65. The second-order valence-corrected chi connectivity index (χ2v) is 6.22. The lowest BCUT2D eigenvalue weighted by Gasteiger charge is -2.19. The number of anilines is 1. The molecule has 1 unspecified atom stereocenters. The number of carbonyl (C=O) groups excluding carboxylic acids is 1. The normalized spacial score (nSPS) is 11.9. The summed E-state index contributed by atoms with van der Waals surface area (Å²) in [4.78, 5) is 12.4. The van der Waals surface area contributed by atoms with E-state index in [0.29, 0.717) is 22.2 Å². The summed E-state index contributed by atoms with van der Waals surface area (Å²) in [5.41, 5.74) is 2.68. The van der Waals surface area contributed by atoms with Crippen LogP contribution in [0, 0.1) is 13.8 Å². The minimum Gasteiger partial charge on any atom is -0.480 e. The van der Waals surface area contributed by atoms with Gasteiger partial charge in [-0.2, -0.15) is 0 Å². The zero-order chi connectivity index (χ0) is 17.0. The molecule has 0 radical (unpaired) electrons. The monoisotopic (exact) mass is 351 g/mol. The molecule has 3 nitrogen and oxygen atoms in total. The zero-order valence-electron chi connectivity index (χ0n) is 13.3. The molecule has 0 saturated heterocycles. The number of ether oxygens (including phenoxy) is 1. The zero-order valence-corrected chi connectivity index (χ0v) is 14.8. The molecular weight excluding hydrogens is 333 g/mol. The van der Waals surface area contributed by atoms with Crippen molar-refractivity contribution < 1.29 is 9.53 Å². The molecule has 2 aromatic carbocycles. The molecule has 0 aromatic heterocycles. The Morgan fingerprint density at radius 2 is 1.87 bits per heavy atom. The van der Waals surface area contributed by atoms with Gasteiger partial charge >= 0.3 is 0 Å². The van der Waals surface area contributed by atoms with E-state index in [2.05, 4.69) is 5.32 Å². The average Bonchev–Trinajstić information content (AvgIpc) is 2.51. The Balaban J connectivity index is 2.11. The molecule has 1 amide bonds. The molecule has 0 fully saturated rings. The number of amides is 1. The maximum Gasteiger partial charge on any atom is 0.265 e. The molecule has 2 rings (SSSR count). The summed E-state index contributed by atoms with van der Waals surface area (Å²) in [5.74, 6) is 0.507. The largest absolute Gasteiger partial charge is 0.480 e. The van der Waals surface area contributed by atoms with Crippen LogP contribution in [0.25, 0.3) is 0 Å². The third kappa shape index (κ3) is 4.63. The van der Waals surface area contributed by atoms with E-state index in [9.17, 15) is 4.79 Å². The molecule has 122 valence electrons. The van der Waals surface area contributed by atoms with Gasteiger partial charge in [-0.05, 0) is 55.7 Å². The van der Waals surface area contributed by atoms with Crippen LogP contribution in [0.3, 0.4) is 0 Å². The summed E-state index contributed by atoms with van der Waals surface area (Å²) in [6.45, 7) is 5.85. The van der Waals surface area contributed by atoms with Crippen LogP contribution in [0.2, 0.25) is 10.0 Å². The number of benzene rings is 2. The van der Waals surface area contributed by atoms with Crippen LogP contribution >= 0.6 is 23.2 Å². The lowest BCUT2D eigenvalue weighted by molar-refractivity contribution is -0.122. The Morgan fingerprint density at radius 3 is 2.52 bits per heavy atom. The van der Waals surface area contributed by atoms with Gasteiger partial charge in [0.15, 0.2) is 6.10 Å². The topological polar surface area (TPSA) is 38.3 Å². The van der Waals surface area contributed by atoms with Crippen LogP contribution in [-0.4, -0.2) is 12.0 Å². The molecule has 0 spiro atoms. The van der Waals surface area contributed by atoms with Gasteiger partial charge < -0.3 is 10.1 Å². The molecule has 5 heteroatoms. The first-order chi connectivity index (χ1) is 10.9. The number of hydrogen-bond donors (Lipinski definition) is 1. The third-order valence-corrected chi connectivity index (χ3v) is 4.20. The van der Waals surface area contributed by atoms with Crippen molar-refractivity contribution in [2.24, 2.45) is 0 Å². The predicted molar refractivity (Wildman–Crippen MR) is 95.7 cm³/mol. The minimum absolute atomic E-state index is 0.216. The Kier molecular flexibility index (Phi) is 5.91. The van der Waals surface area contributed by atoms with Crippen LogP contribution in [0.4, 0.5) is 5.69 Å². The van der Waals surface area contributed by atoms with Gasteiger partial charge in [0.05, 0.1) is 10.0 Å². The van der Waals surface area contributed by atoms with Gasteiger partial charge in [0, 0.05) is 5.69 Å². The maximum atomic E-state index is 12.4. The van der Waals surface area contributed by atoms with Gasteiger partial charge in [-0.25, -0.2) is 0 Å². The summed E-state index contributed by atoms with van der Waals surface area (Å²) in [7, 11) is 0. The molecular formula is C18H19Cl2NO2. The summed E-state index contributed by atoms with van der Waals surface area (Å²) in [6, 6.07) is 10.9. The number of nitrogens with one attached hydrogen (secondary N) is 1. The molecule has 1 N–H and O–H groups in total. The van der Waals surface area contributed by atoms with E-state index in [4.69, 9.17) is 27.9 Å². The number of aryl methyl sites for hydroxylation is 2. The van der Waals surface area contributed by atoms with E-state index in [0.717, 1.165) is 16.9 Å². The number of rotatable bonds is 5. The van der Waals surface area contributed by atoms with Crippen molar-refractivity contribution in [3.8, 4) is 5.75 Å². The number of carbonyl (C=O) groups is 1. The Labute approximate surface area is 146 Å². The number of hydrogen-bond acceptors (Lipinski definition) is 2. The quantitative estimate of drug-likeness (QED) is 0.782. The van der Waals surface area contributed by atoms with Crippen LogP contribution in [0.1, 0.15) is 24.5 Å². The van der Waals surface area contributed by atoms with Gasteiger partial charge in [-0.3, -0.25) is 4.79 Å². The Morgan fingerprint density at radius 1 is 1.13 bits per heavy atom. The highest BCUT2D eigenvalue weighted by atomic mass is 35.5. The molecule has 23 heavy (non-hydrogen) atoms. The van der Waals surface area contributed by atoms with Crippen molar-refractivity contribution in [1.29, 1.82) is 0 Å². The van der Waals surface area contributed by atoms with Crippen LogP contribution < -0.4 is 10.1 Å². The molecule has 0 aliphatic heterocycles. The van der Waals surface area contributed by atoms with Gasteiger partial charge in [0.2, 0.25) is 0 Å². The average molecular weight is 352 g/mol. The third-order valence-electron chi connectivity index (χ3n) is 3.46. The fourth-order valence-electron chi connectivity index (χ4n) is 2.11. The predicted octanol–water partition coefficient (Wildman–Crippen LogP) is 5.41. The van der Waals surface area contributed by atoms with Gasteiger partial charge in [-0.1, -0.05) is 42.3 Å². The fraction of sp³-hybridized carbons (Fsp3) is 0.278.